The summed E-state index contributed by atoms with van der Waals surface area (Å²) in [5.41, 5.74) is 6.34. The number of carbonyl (C=O) groups is 1. The van der Waals surface area contributed by atoms with Crippen molar-refractivity contribution >= 4 is 11.5 Å². The van der Waals surface area contributed by atoms with Gasteiger partial charge >= 0.3 is 0 Å². The molecule has 0 fully saturated rings. The van der Waals surface area contributed by atoms with Gasteiger partial charge in [-0.1, -0.05) is 26.7 Å². The molecule has 0 radical (unpaired) electrons. The number of ketones is 1. The number of aliphatic hydroxyl groups excluding tert-OH is 1. The van der Waals surface area contributed by atoms with Gasteiger partial charge in [-0.15, -0.1) is 0 Å². The van der Waals surface area contributed by atoms with E-state index >= 15 is 0 Å². The monoisotopic (exact) mass is 222 g/mol. The Kier molecular flexibility index (Phi) is 4.43. The zero-order chi connectivity index (χ0) is 12.1. The predicted molar refractivity (Wildman–Crippen MR) is 63.1 cm³/mol. The van der Waals surface area contributed by atoms with E-state index in [9.17, 15) is 9.90 Å². The lowest BCUT2D eigenvalue weighted by atomic mass is 9.91. The molecule has 0 aliphatic heterocycles. The second kappa shape index (κ2) is 5.61. The number of aliphatic hydroxyl groups is 1. The second-order valence-corrected chi connectivity index (χ2v) is 3.85. The van der Waals surface area contributed by atoms with Gasteiger partial charge in [-0.3, -0.25) is 9.78 Å². The molecule has 0 spiro atoms. The van der Waals surface area contributed by atoms with Gasteiger partial charge in [0.15, 0.2) is 5.78 Å². The number of aromatic nitrogens is 1. The van der Waals surface area contributed by atoms with Gasteiger partial charge in [0.2, 0.25) is 0 Å². The van der Waals surface area contributed by atoms with Crippen LogP contribution in [-0.2, 0) is 0 Å². The smallest absolute Gasteiger partial charge is 0.195 e. The number of pyridine rings is 1. The zero-order valence-electron chi connectivity index (χ0n) is 9.68. The minimum atomic E-state index is -0.985. The third kappa shape index (κ3) is 2.58. The molecule has 16 heavy (non-hydrogen) atoms. The summed E-state index contributed by atoms with van der Waals surface area (Å²) in [6, 6.07) is 1.56. The Labute approximate surface area is 95.5 Å². The van der Waals surface area contributed by atoms with Crippen molar-refractivity contribution in [3.8, 4) is 0 Å². The van der Waals surface area contributed by atoms with E-state index in [1.807, 2.05) is 13.8 Å². The Morgan fingerprint density at radius 2 is 2.12 bits per heavy atom. The third-order valence-corrected chi connectivity index (χ3v) is 2.88. The molecule has 0 saturated carbocycles. The van der Waals surface area contributed by atoms with Gasteiger partial charge in [0.05, 0.1) is 5.56 Å². The molecule has 0 aliphatic carbocycles. The van der Waals surface area contributed by atoms with Crippen molar-refractivity contribution in [1.82, 2.24) is 4.98 Å². The number of hydrogen-bond donors (Lipinski definition) is 2. The summed E-state index contributed by atoms with van der Waals surface area (Å²) < 4.78 is 0. The summed E-state index contributed by atoms with van der Waals surface area (Å²) in [6.07, 6.45) is 3.48. The molecular weight excluding hydrogens is 204 g/mol. The lowest BCUT2D eigenvalue weighted by Crippen LogP contribution is -2.29. The Morgan fingerprint density at radius 1 is 1.50 bits per heavy atom. The first-order valence-electron chi connectivity index (χ1n) is 5.53. The second-order valence-electron chi connectivity index (χ2n) is 3.85. The number of rotatable bonds is 5. The maximum absolute atomic E-state index is 12.0. The van der Waals surface area contributed by atoms with Crippen molar-refractivity contribution in [2.45, 2.75) is 32.8 Å². The Bertz CT molecular complexity index is 362. The van der Waals surface area contributed by atoms with Crippen LogP contribution in [0.2, 0.25) is 0 Å². The first-order chi connectivity index (χ1) is 7.61. The quantitative estimate of drug-likeness (QED) is 0.742. The summed E-state index contributed by atoms with van der Waals surface area (Å²) in [4.78, 5) is 15.8. The van der Waals surface area contributed by atoms with Crippen LogP contribution in [0.3, 0.4) is 0 Å². The maximum Gasteiger partial charge on any atom is 0.195 e. The van der Waals surface area contributed by atoms with Gasteiger partial charge in [0.1, 0.15) is 6.10 Å². The van der Waals surface area contributed by atoms with Crippen molar-refractivity contribution in [1.29, 1.82) is 0 Å². The van der Waals surface area contributed by atoms with E-state index in [4.69, 9.17) is 5.73 Å². The summed E-state index contributed by atoms with van der Waals surface area (Å²) in [7, 11) is 0. The molecule has 1 atom stereocenters. The van der Waals surface area contributed by atoms with Gasteiger partial charge in [-0.25, -0.2) is 0 Å². The number of nitrogens with zero attached hydrogens (tertiary/aromatic N) is 1. The number of hydrogen-bond acceptors (Lipinski definition) is 4. The van der Waals surface area contributed by atoms with Crippen LogP contribution in [-0.4, -0.2) is 22.0 Å². The fourth-order valence-electron chi connectivity index (χ4n) is 1.72. The molecule has 3 N–H and O–H groups in total. The van der Waals surface area contributed by atoms with E-state index in [1.165, 1.54) is 12.4 Å². The Morgan fingerprint density at radius 3 is 2.62 bits per heavy atom. The van der Waals surface area contributed by atoms with Crippen molar-refractivity contribution in [3.63, 3.8) is 0 Å². The van der Waals surface area contributed by atoms with Crippen molar-refractivity contribution in [2.75, 3.05) is 5.73 Å². The first kappa shape index (κ1) is 12.6. The minimum absolute atomic E-state index is 0.0212. The van der Waals surface area contributed by atoms with Crippen LogP contribution in [0.25, 0.3) is 0 Å². The highest BCUT2D eigenvalue weighted by Gasteiger charge is 2.25. The highest BCUT2D eigenvalue weighted by molar-refractivity contribution is 6.03. The predicted octanol–water partition coefficient (Wildman–Crippen LogP) is 1.64. The van der Waals surface area contributed by atoms with Crippen LogP contribution < -0.4 is 5.73 Å². The molecule has 4 nitrogen and oxygen atoms in total. The Hall–Kier alpha value is -1.42. The van der Waals surface area contributed by atoms with Crippen molar-refractivity contribution in [3.05, 3.63) is 24.0 Å². The van der Waals surface area contributed by atoms with Crippen LogP contribution >= 0.6 is 0 Å². The first-order valence-corrected chi connectivity index (χ1v) is 5.53. The molecule has 1 unspecified atom stereocenters. The van der Waals surface area contributed by atoms with Gasteiger partial charge < -0.3 is 10.8 Å². The van der Waals surface area contributed by atoms with Gasteiger partial charge in [0, 0.05) is 18.1 Å². The van der Waals surface area contributed by atoms with Gasteiger partial charge in [0.25, 0.3) is 0 Å². The van der Waals surface area contributed by atoms with Gasteiger partial charge in [-0.2, -0.15) is 0 Å². The molecule has 1 rings (SSSR count). The van der Waals surface area contributed by atoms with Crippen LogP contribution in [0.1, 0.15) is 37.0 Å². The zero-order valence-corrected chi connectivity index (χ0v) is 9.68. The average molecular weight is 222 g/mol. The maximum atomic E-state index is 12.0. The molecule has 1 aromatic rings. The SMILES string of the molecule is CCC(CC)C(O)C(=O)c1cnccc1N. The lowest BCUT2D eigenvalue weighted by molar-refractivity contribution is 0.0588. The highest BCUT2D eigenvalue weighted by atomic mass is 16.3. The van der Waals surface area contributed by atoms with Crippen molar-refractivity contribution in [2.24, 2.45) is 5.92 Å². The van der Waals surface area contributed by atoms with E-state index in [2.05, 4.69) is 4.98 Å². The standard InChI is InChI=1S/C12H18N2O2/c1-3-8(4-2)11(15)12(16)9-7-14-6-5-10(9)13/h5-8,11,15H,3-4H2,1-2H3,(H2,13,14). The topological polar surface area (TPSA) is 76.2 Å². The lowest BCUT2D eigenvalue weighted by Gasteiger charge is -2.19. The van der Waals surface area contributed by atoms with E-state index in [0.29, 0.717) is 11.3 Å². The molecule has 0 aromatic carbocycles. The van der Waals surface area contributed by atoms with Crippen LogP contribution in [0.15, 0.2) is 18.5 Å². The fourth-order valence-corrected chi connectivity index (χ4v) is 1.72. The molecule has 4 heteroatoms. The number of nitrogen functional groups attached to an aromatic ring is 1. The highest BCUT2D eigenvalue weighted by Crippen LogP contribution is 2.19. The largest absolute Gasteiger partial charge is 0.398 e. The van der Waals surface area contributed by atoms with Crippen LogP contribution in [0.4, 0.5) is 5.69 Å². The number of anilines is 1. The molecule has 0 amide bonds. The van der Waals surface area contributed by atoms with Gasteiger partial charge in [-0.05, 0) is 12.0 Å². The Balaban J connectivity index is 2.90. The summed E-state index contributed by atoms with van der Waals surface area (Å²) >= 11 is 0. The van der Waals surface area contributed by atoms with Crippen molar-refractivity contribution < 1.29 is 9.90 Å². The normalized spacial score (nSPS) is 12.8. The van der Waals surface area contributed by atoms with Crippen LogP contribution in [0.5, 0.6) is 0 Å². The molecule has 0 aliphatic rings. The minimum Gasteiger partial charge on any atom is -0.398 e. The van der Waals surface area contributed by atoms with Crippen LogP contribution in [0, 0.1) is 5.92 Å². The summed E-state index contributed by atoms with van der Waals surface area (Å²) in [5, 5.41) is 9.92. The van der Waals surface area contributed by atoms with E-state index in [1.54, 1.807) is 6.07 Å². The number of carbonyl (C=O) groups excluding carboxylic acids is 1. The van der Waals surface area contributed by atoms with E-state index in [0.717, 1.165) is 12.8 Å². The molecule has 88 valence electrons. The molecule has 1 aromatic heterocycles. The fraction of sp³-hybridized carbons (Fsp3) is 0.500. The average Bonchev–Trinajstić information content (AvgIpc) is 2.30. The summed E-state index contributed by atoms with van der Waals surface area (Å²) in [6.45, 7) is 3.91. The molecule has 0 saturated heterocycles. The number of nitrogens with two attached hydrogens (primary N) is 1. The summed E-state index contributed by atoms with van der Waals surface area (Å²) in [5.74, 6) is -0.355. The molecular formula is C12H18N2O2. The van der Waals surface area contributed by atoms with E-state index < -0.39 is 6.10 Å². The molecule has 0 bridgehead atoms. The van der Waals surface area contributed by atoms with E-state index in [-0.39, 0.29) is 11.7 Å². The number of Topliss-reactive ketones (excluding diaryl/α,β-unsaturated/α-hetero) is 1. The molecule has 1 heterocycles. The third-order valence-electron chi connectivity index (χ3n) is 2.88.